The molecule has 0 radical (unpaired) electrons. The number of aliphatic hydroxyl groups is 1. The van der Waals surface area contributed by atoms with E-state index in [2.05, 4.69) is 24.4 Å². The Kier molecular flexibility index (Phi) is 8.31. The van der Waals surface area contributed by atoms with Crippen LogP contribution >= 0.6 is 0 Å². The Bertz CT molecular complexity index is 421. The summed E-state index contributed by atoms with van der Waals surface area (Å²) in [7, 11) is 0. The van der Waals surface area contributed by atoms with E-state index in [0.29, 0.717) is 12.8 Å². The zero-order valence-electron chi connectivity index (χ0n) is 14.5. The van der Waals surface area contributed by atoms with Gasteiger partial charge < -0.3 is 15.5 Å². The van der Waals surface area contributed by atoms with Crippen molar-refractivity contribution in [1.82, 2.24) is 5.32 Å². The predicted molar refractivity (Wildman–Crippen MR) is 89.9 cm³/mol. The summed E-state index contributed by atoms with van der Waals surface area (Å²) in [6.07, 6.45) is 8.06. The topological polar surface area (TPSA) is 86.6 Å². The number of aliphatic carboxylic acids is 1. The third-order valence-corrected chi connectivity index (χ3v) is 4.99. The number of hydrogen-bond donors (Lipinski definition) is 3. The molecule has 3 unspecified atom stereocenters. The lowest BCUT2D eigenvalue weighted by Crippen LogP contribution is -2.45. The van der Waals surface area contributed by atoms with E-state index in [-0.39, 0.29) is 29.8 Å². The van der Waals surface area contributed by atoms with Gasteiger partial charge in [0.15, 0.2) is 0 Å². The first-order chi connectivity index (χ1) is 10.9. The van der Waals surface area contributed by atoms with Gasteiger partial charge in [-0.05, 0) is 43.4 Å². The second kappa shape index (κ2) is 9.71. The molecule has 1 fully saturated rings. The lowest BCUT2D eigenvalue weighted by Gasteiger charge is -2.23. The number of aliphatic hydroxyl groups excluding tert-OH is 1. The van der Waals surface area contributed by atoms with Crippen LogP contribution in [0.4, 0.5) is 0 Å². The summed E-state index contributed by atoms with van der Waals surface area (Å²) < 4.78 is 0. The zero-order valence-corrected chi connectivity index (χ0v) is 14.5. The number of carboxylic acid groups (broad SMARTS) is 1. The smallest absolute Gasteiger partial charge is 0.326 e. The summed E-state index contributed by atoms with van der Waals surface area (Å²) in [5, 5.41) is 22.0. The van der Waals surface area contributed by atoms with Gasteiger partial charge in [-0.3, -0.25) is 4.79 Å². The minimum atomic E-state index is -0.985. The van der Waals surface area contributed by atoms with E-state index in [1.165, 1.54) is 0 Å². The van der Waals surface area contributed by atoms with Crippen molar-refractivity contribution in [1.29, 1.82) is 0 Å². The number of carbonyl (C=O) groups excluding carboxylic acids is 1. The van der Waals surface area contributed by atoms with Crippen LogP contribution in [-0.4, -0.2) is 34.2 Å². The van der Waals surface area contributed by atoms with Gasteiger partial charge in [-0.2, -0.15) is 0 Å². The molecule has 5 atom stereocenters. The van der Waals surface area contributed by atoms with Crippen molar-refractivity contribution in [2.24, 2.45) is 17.8 Å². The van der Waals surface area contributed by atoms with Gasteiger partial charge in [0.1, 0.15) is 6.04 Å². The first-order valence-electron chi connectivity index (χ1n) is 8.75. The van der Waals surface area contributed by atoms with Crippen molar-refractivity contribution in [2.45, 2.75) is 71.4 Å². The molecule has 1 amide bonds. The van der Waals surface area contributed by atoms with E-state index in [1.807, 2.05) is 13.8 Å². The van der Waals surface area contributed by atoms with Crippen molar-refractivity contribution in [3.63, 3.8) is 0 Å². The average Bonchev–Trinajstić information content (AvgIpc) is 2.84. The van der Waals surface area contributed by atoms with Crippen LogP contribution in [0.5, 0.6) is 0 Å². The zero-order chi connectivity index (χ0) is 17.4. The summed E-state index contributed by atoms with van der Waals surface area (Å²) in [5.74, 6) is -1.09. The van der Waals surface area contributed by atoms with Crippen molar-refractivity contribution in [3.8, 4) is 0 Å². The summed E-state index contributed by atoms with van der Waals surface area (Å²) in [4.78, 5) is 23.5. The molecule has 0 heterocycles. The van der Waals surface area contributed by atoms with Gasteiger partial charge >= 0.3 is 5.97 Å². The number of allylic oxidation sites excluding steroid dienone is 2. The number of carbonyl (C=O) groups is 2. The number of amides is 1. The molecule has 1 saturated carbocycles. The summed E-state index contributed by atoms with van der Waals surface area (Å²) >= 11 is 0. The Morgan fingerprint density at radius 2 is 1.96 bits per heavy atom. The van der Waals surface area contributed by atoms with Crippen molar-refractivity contribution in [3.05, 3.63) is 12.2 Å². The highest BCUT2D eigenvalue weighted by Gasteiger charge is 2.36. The fourth-order valence-corrected chi connectivity index (χ4v) is 3.30. The Balaban J connectivity index is 2.60. The Morgan fingerprint density at radius 3 is 2.52 bits per heavy atom. The monoisotopic (exact) mass is 325 g/mol. The summed E-state index contributed by atoms with van der Waals surface area (Å²) in [5.41, 5.74) is 0. The first-order valence-corrected chi connectivity index (χ1v) is 8.75. The first kappa shape index (κ1) is 19.7. The van der Waals surface area contributed by atoms with Crippen molar-refractivity contribution < 1.29 is 19.8 Å². The Morgan fingerprint density at radius 1 is 1.26 bits per heavy atom. The second-order valence-corrected chi connectivity index (χ2v) is 6.66. The van der Waals surface area contributed by atoms with Gasteiger partial charge in [-0.15, -0.1) is 0 Å². The molecular formula is C18H31NO4. The van der Waals surface area contributed by atoms with Crippen LogP contribution in [0.3, 0.4) is 0 Å². The molecule has 1 aliphatic rings. The number of nitrogens with one attached hydrogen (secondary N) is 1. The molecule has 132 valence electrons. The van der Waals surface area contributed by atoms with Gasteiger partial charge in [0.25, 0.3) is 0 Å². The fourth-order valence-electron chi connectivity index (χ4n) is 3.30. The summed E-state index contributed by atoms with van der Waals surface area (Å²) in [6, 6.07) is -0.836. The third-order valence-electron chi connectivity index (χ3n) is 4.99. The molecule has 23 heavy (non-hydrogen) atoms. The normalized spacial score (nSPS) is 27.0. The molecule has 1 rings (SSSR count). The molecule has 0 saturated heterocycles. The second-order valence-electron chi connectivity index (χ2n) is 6.66. The Hall–Kier alpha value is -1.36. The maximum Gasteiger partial charge on any atom is 0.326 e. The minimum Gasteiger partial charge on any atom is -0.480 e. The molecular weight excluding hydrogens is 294 g/mol. The van der Waals surface area contributed by atoms with Crippen molar-refractivity contribution >= 4 is 11.9 Å². The van der Waals surface area contributed by atoms with Gasteiger partial charge in [-0.25, -0.2) is 4.79 Å². The van der Waals surface area contributed by atoms with E-state index < -0.39 is 12.0 Å². The average molecular weight is 325 g/mol. The number of rotatable bonds is 9. The Labute approximate surface area is 139 Å². The van der Waals surface area contributed by atoms with Crippen LogP contribution in [-0.2, 0) is 9.59 Å². The third kappa shape index (κ3) is 5.98. The van der Waals surface area contributed by atoms with Crippen LogP contribution in [0.2, 0.25) is 0 Å². The molecule has 0 aliphatic heterocycles. The van der Waals surface area contributed by atoms with Gasteiger partial charge in [0, 0.05) is 6.42 Å². The molecule has 0 aromatic rings. The number of carboxylic acids is 1. The van der Waals surface area contributed by atoms with E-state index in [0.717, 1.165) is 25.7 Å². The molecule has 0 aromatic carbocycles. The molecule has 3 N–H and O–H groups in total. The highest BCUT2D eigenvalue weighted by atomic mass is 16.4. The van der Waals surface area contributed by atoms with Gasteiger partial charge in [0.05, 0.1) is 6.10 Å². The summed E-state index contributed by atoms with van der Waals surface area (Å²) in [6.45, 7) is 5.81. The maximum absolute atomic E-state index is 12.2. The van der Waals surface area contributed by atoms with E-state index >= 15 is 0 Å². The number of hydrogen-bond acceptors (Lipinski definition) is 3. The SMILES string of the molecule is CC/C=C\CC1C(O)CCC1CC(=O)N[C@H](C(=O)O)[C@@H](C)CC. The highest BCUT2D eigenvalue weighted by molar-refractivity contribution is 5.83. The molecule has 5 nitrogen and oxygen atoms in total. The predicted octanol–water partition coefficient (Wildman–Crippen LogP) is 2.74. The maximum atomic E-state index is 12.2. The van der Waals surface area contributed by atoms with Crippen LogP contribution in [0.1, 0.15) is 59.3 Å². The largest absolute Gasteiger partial charge is 0.480 e. The van der Waals surface area contributed by atoms with Crippen LogP contribution in [0.25, 0.3) is 0 Å². The lowest BCUT2D eigenvalue weighted by molar-refractivity contribution is -0.143. The highest BCUT2D eigenvalue weighted by Crippen LogP contribution is 2.37. The quantitative estimate of drug-likeness (QED) is 0.569. The van der Waals surface area contributed by atoms with E-state index in [4.69, 9.17) is 0 Å². The van der Waals surface area contributed by atoms with Gasteiger partial charge in [0.2, 0.25) is 5.91 Å². The molecule has 5 heteroatoms. The standard InChI is InChI=1S/C18H31NO4/c1-4-6-7-8-14-13(9-10-15(14)20)11-16(21)19-17(18(22)23)12(3)5-2/h6-7,12-15,17,20H,4-5,8-11H2,1-3H3,(H,19,21)(H,22,23)/b7-6-/t12-,13?,14?,15?,17-/m0/s1. The molecule has 0 aromatic heterocycles. The van der Waals surface area contributed by atoms with Crippen LogP contribution in [0, 0.1) is 17.8 Å². The molecule has 0 spiro atoms. The molecule has 0 bridgehead atoms. The molecule has 1 aliphatic carbocycles. The van der Waals surface area contributed by atoms with Gasteiger partial charge in [-0.1, -0.05) is 39.3 Å². The van der Waals surface area contributed by atoms with E-state index in [1.54, 1.807) is 0 Å². The fraction of sp³-hybridized carbons (Fsp3) is 0.778. The lowest BCUT2D eigenvalue weighted by atomic mass is 9.88. The van der Waals surface area contributed by atoms with Crippen LogP contribution in [0.15, 0.2) is 12.2 Å². The minimum absolute atomic E-state index is 0.0930. The van der Waals surface area contributed by atoms with E-state index in [9.17, 15) is 19.8 Å². The van der Waals surface area contributed by atoms with Crippen LogP contribution < -0.4 is 5.32 Å². The van der Waals surface area contributed by atoms with Crippen molar-refractivity contribution in [2.75, 3.05) is 0 Å².